The largest absolute Gasteiger partial charge is 0.341 e. The lowest BCUT2D eigenvalue weighted by Gasteiger charge is -2.41. The number of piperazine rings is 1. The van der Waals surface area contributed by atoms with Crippen molar-refractivity contribution in [3.05, 3.63) is 41.3 Å². The Balaban J connectivity index is 1.55. The summed E-state index contributed by atoms with van der Waals surface area (Å²) in [7, 11) is -3.46. The average Bonchev–Trinajstić information content (AvgIpc) is 2.71. The minimum absolute atomic E-state index is 0.170. The summed E-state index contributed by atoms with van der Waals surface area (Å²) >= 11 is 0. The van der Waals surface area contributed by atoms with E-state index in [1.807, 2.05) is 42.2 Å². The quantitative estimate of drug-likeness (QED) is 0.736. The fourth-order valence-corrected chi connectivity index (χ4v) is 5.60. The maximum absolute atomic E-state index is 13.0. The van der Waals surface area contributed by atoms with E-state index in [4.69, 9.17) is 0 Å². The van der Waals surface area contributed by atoms with Crippen LogP contribution in [0.25, 0.3) is 6.08 Å². The van der Waals surface area contributed by atoms with Gasteiger partial charge in [-0.1, -0.05) is 44.2 Å². The van der Waals surface area contributed by atoms with E-state index in [-0.39, 0.29) is 11.9 Å². The van der Waals surface area contributed by atoms with Crippen LogP contribution in [0.3, 0.4) is 0 Å². The van der Waals surface area contributed by atoms with Gasteiger partial charge in [-0.05, 0) is 36.8 Å². The number of hydrogen-bond donors (Lipinski definition) is 0. The van der Waals surface area contributed by atoms with Crippen LogP contribution in [0.5, 0.6) is 0 Å². The Hall–Kier alpha value is -1.70. The van der Waals surface area contributed by atoms with E-state index in [0.717, 1.165) is 18.7 Å². The number of carbonyl (C=O) groups is 1. The molecular formula is C22H33N3O3S. The summed E-state index contributed by atoms with van der Waals surface area (Å²) in [6, 6.07) is 9.20. The number of amides is 1. The molecule has 6 nitrogen and oxygen atoms in total. The van der Waals surface area contributed by atoms with Crippen molar-refractivity contribution in [1.29, 1.82) is 0 Å². The van der Waals surface area contributed by atoms with Crippen LogP contribution in [-0.2, 0) is 14.8 Å². The van der Waals surface area contributed by atoms with Gasteiger partial charge in [0.25, 0.3) is 0 Å². The second-order valence-corrected chi connectivity index (χ2v) is 10.4. The fraction of sp³-hybridized carbons (Fsp3) is 0.591. The van der Waals surface area contributed by atoms with Crippen LogP contribution in [-0.4, -0.2) is 73.7 Å². The number of carbonyl (C=O) groups excluding carboxylic acids is 1. The lowest BCUT2D eigenvalue weighted by Crippen LogP contribution is -2.56. The van der Waals surface area contributed by atoms with E-state index in [2.05, 4.69) is 18.7 Å². The van der Waals surface area contributed by atoms with E-state index >= 15 is 0 Å². The second kappa shape index (κ2) is 9.41. The Morgan fingerprint density at radius 1 is 1.03 bits per heavy atom. The Morgan fingerprint density at radius 3 is 2.21 bits per heavy atom. The van der Waals surface area contributed by atoms with Crippen LogP contribution in [0.2, 0.25) is 0 Å². The van der Waals surface area contributed by atoms with Crippen LogP contribution >= 0.6 is 0 Å². The molecule has 3 atom stereocenters. The molecule has 2 heterocycles. The molecule has 0 N–H and O–H groups in total. The topological polar surface area (TPSA) is 60.9 Å². The highest BCUT2D eigenvalue weighted by Crippen LogP contribution is 2.22. The molecule has 1 aromatic rings. The summed E-state index contributed by atoms with van der Waals surface area (Å²) in [4.78, 5) is 17.1. The van der Waals surface area contributed by atoms with Crippen molar-refractivity contribution in [2.75, 3.05) is 39.3 Å². The molecule has 2 aliphatic heterocycles. The summed E-state index contributed by atoms with van der Waals surface area (Å²) in [6.07, 6.45) is 2.80. The van der Waals surface area contributed by atoms with Gasteiger partial charge in [0.05, 0.1) is 6.04 Å². The molecule has 0 spiro atoms. The van der Waals surface area contributed by atoms with Crippen LogP contribution in [0.4, 0.5) is 0 Å². The fourth-order valence-electron chi connectivity index (χ4n) is 4.42. The van der Waals surface area contributed by atoms with E-state index in [1.165, 1.54) is 16.1 Å². The number of nitrogens with zero attached hydrogens (tertiary/aromatic N) is 3. The molecule has 0 unspecified atom stereocenters. The van der Waals surface area contributed by atoms with Crippen molar-refractivity contribution in [1.82, 2.24) is 14.1 Å². The molecule has 0 aromatic heterocycles. The third kappa shape index (κ3) is 5.68. The highest BCUT2D eigenvalue weighted by Gasteiger charge is 2.33. The van der Waals surface area contributed by atoms with Crippen LogP contribution < -0.4 is 0 Å². The van der Waals surface area contributed by atoms with Gasteiger partial charge in [0.15, 0.2) is 0 Å². The Bertz CT molecular complexity index is 807. The molecule has 1 aromatic carbocycles. The number of sulfonamides is 1. The minimum atomic E-state index is -3.46. The van der Waals surface area contributed by atoms with Gasteiger partial charge in [-0.25, -0.2) is 8.42 Å². The van der Waals surface area contributed by atoms with Gasteiger partial charge in [-0.3, -0.25) is 9.69 Å². The number of piperidine rings is 1. The standard InChI is InChI=1S/C22H33N3O3S/c1-18-15-19(2)17-24(16-18)22(26)20(3)23-10-12-25(13-11-23)29(27,28)14-9-21-7-5-4-6-8-21/h4-9,14,18-20H,10-13,15-17H2,1-3H3/b14-9+/t18-,19-,20+/m0/s1. The zero-order valence-electron chi connectivity index (χ0n) is 17.7. The van der Waals surface area contributed by atoms with Crippen molar-refractivity contribution < 1.29 is 13.2 Å². The lowest BCUT2D eigenvalue weighted by atomic mass is 9.91. The Morgan fingerprint density at radius 2 is 1.62 bits per heavy atom. The van der Waals surface area contributed by atoms with Gasteiger partial charge in [0, 0.05) is 44.7 Å². The summed E-state index contributed by atoms with van der Waals surface area (Å²) in [6.45, 7) is 9.97. The molecule has 0 aliphatic carbocycles. The van der Waals surface area contributed by atoms with Crippen LogP contribution in [0, 0.1) is 11.8 Å². The normalized spacial score (nSPS) is 26.0. The van der Waals surface area contributed by atoms with Crippen molar-refractivity contribution in [3.8, 4) is 0 Å². The summed E-state index contributed by atoms with van der Waals surface area (Å²) in [5, 5.41) is 1.28. The van der Waals surface area contributed by atoms with Gasteiger partial charge in [0.1, 0.15) is 0 Å². The smallest absolute Gasteiger partial charge is 0.239 e. The van der Waals surface area contributed by atoms with Crippen molar-refractivity contribution in [3.63, 3.8) is 0 Å². The molecular weight excluding hydrogens is 386 g/mol. The van der Waals surface area contributed by atoms with Crippen LogP contribution in [0.1, 0.15) is 32.8 Å². The van der Waals surface area contributed by atoms with Gasteiger partial charge in [-0.2, -0.15) is 4.31 Å². The van der Waals surface area contributed by atoms with Crippen molar-refractivity contribution in [2.24, 2.45) is 11.8 Å². The van der Waals surface area contributed by atoms with Gasteiger partial charge >= 0.3 is 0 Å². The predicted octanol–water partition coefficient (Wildman–Crippen LogP) is 2.50. The molecule has 0 bridgehead atoms. The molecule has 29 heavy (non-hydrogen) atoms. The average molecular weight is 420 g/mol. The molecule has 1 amide bonds. The number of hydrogen-bond acceptors (Lipinski definition) is 4. The first-order valence-corrected chi connectivity index (χ1v) is 12.0. The summed E-state index contributed by atoms with van der Waals surface area (Å²) in [5.74, 6) is 1.24. The van der Waals surface area contributed by atoms with Gasteiger partial charge < -0.3 is 4.90 Å². The molecule has 3 rings (SSSR count). The first kappa shape index (κ1) is 22.0. The molecule has 0 radical (unpaired) electrons. The molecule has 0 saturated carbocycles. The highest BCUT2D eigenvalue weighted by molar-refractivity contribution is 7.92. The van der Waals surface area contributed by atoms with E-state index in [0.29, 0.717) is 38.0 Å². The Labute approximate surface area is 175 Å². The zero-order chi connectivity index (χ0) is 21.0. The molecule has 7 heteroatoms. The number of rotatable bonds is 5. The molecule has 160 valence electrons. The molecule has 2 saturated heterocycles. The molecule has 2 aliphatic rings. The number of benzene rings is 1. The predicted molar refractivity (Wildman–Crippen MR) is 117 cm³/mol. The van der Waals surface area contributed by atoms with E-state index < -0.39 is 10.0 Å². The van der Waals surface area contributed by atoms with E-state index in [1.54, 1.807) is 6.08 Å². The molecule has 2 fully saturated rings. The lowest BCUT2D eigenvalue weighted by molar-refractivity contribution is -0.139. The van der Waals surface area contributed by atoms with Gasteiger partial charge in [0.2, 0.25) is 15.9 Å². The first-order valence-electron chi connectivity index (χ1n) is 10.5. The monoisotopic (exact) mass is 419 g/mol. The van der Waals surface area contributed by atoms with Crippen LogP contribution in [0.15, 0.2) is 35.7 Å². The minimum Gasteiger partial charge on any atom is -0.341 e. The summed E-state index contributed by atoms with van der Waals surface area (Å²) in [5.41, 5.74) is 0.860. The summed E-state index contributed by atoms with van der Waals surface area (Å²) < 4.78 is 26.8. The highest BCUT2D eigenvalue weighted by atomic mass is 32.2. The Kier molecular flexibility index (Phi) is 7.14. The van der Waals surface area contributed by atoms with Crippen molar-refractivity contribution >= 4 is 22.0 Å². The SMILES string of the molecule is C[C@H]1C[C@H](C)CN(C(=O)[C@@H](C)N2CCN(S(=O)(=O)/C=C/c3ccccc3)CC2)C1. The maximum atomic E-state index is 13.0. The maximum Gasteiger partial charge on any atom is 0.239 e. The van der Waals surface area contributed by atoms with E-state index in [9.17, 15) is 13.2 Å². The van der Waals surface area contributed by atoms with Crippen molar-refractivity contribution in [2.45, 2.75) is 33.2 Å². The first-order chi connectivity index (χ1) is 13.8. The van der Waals surface area contributed by atoms with Gasteiger partial charge in [-0.15, -0.1) is 0 Å². The second-order valence-electron chi connectivity index (χ2n) is 8.56. The third-order valence-corrected chi connectivity index (χ3v) is 7.52. The zero-order valence-corrected chi connectivity index (χ0v) is 18.5. The third-order valence-electron chi connectivity index (χ3n) is 5.95. The number of likely N-dealkylation sites (tertiary alicyclic amines) is 1.